The highest BCUT2D eigenvalue weighted by molar-refractivity contribution is 5.79. The van der Waals surface area contributed by atoms with Crippen LogP contribution in [0.3, 0.4) is 0 Å². The smallest absolute Gasteiger partial charge is 0.392 e. The van der Waals surface area contributed by atoms with Crippen LogP contribution in [-0.4, -0.2) is 47.8 Å². The number of rotatable bonds is 3. The Morgan fingerprint density at radius 3 is 2.52 bits per heavy atom. The van der Waals surface area contributed by atoms with Crippen LogP contribution in [0.15, 0.2) is 0 Å². The van der Waals surface area contributed by atoms with Crippen molar-refractivity contribution in [1.29, 1.82) is 0 Å². The molecule has 2 rings (SSSR count). The Balaban J connectivity index is 1.88. The Hall–Kier alpha value is -1.47. The van der Waals surface area contributed by atoms with E-state index in [1.807, 2.05) is 0 Å². The second-order valence-electron chi connectivity index (χ2n) is 6.92. The van der Waals surface area contributed by atoms with Gasteiger partial charge in [0.05, 0.1) is 11.3 Å². The summed E-state index contributed by atoms with van der Waals surface area (Å²) in [4.78, 5) is 24.6. The topological polar surface area (TPSA) is 69.6 Å². The number of carboxylic acids is 1. The van der Waals surface area contributed by atoms with Gasteiger partial charge in [-0.15, -0.1) is 0 Å². The van der Waals surface area contributed by atoms with E-state index < -0.39 is 35.4 Å². The minimum atomic E-state index is -4.23. The number of hydrogen-bond donors (Lipinski definition) is 2. The first kappa shape index (κ1) is 17.9. The molecule has 5 nitrogen and oxygen atoms in total. The summed E-state index contributed by atoms with van der Waals surface area (Å²) in [5.41, 5.74) is -0.976. The van der Waals surface area contributed by atoms with Crippen molar-refractivity contribution in [2.75, 3.05) is 19.6 Å². The van der Waals surface area contributed by atoms with E-state index in [2.05, 4.69) is 5.32 Å². The molecule has 0 aromatic rings. The molecule has 2 aliphatic rings. The highest BCUT2D eigenvalue weighted by Gasteiger charge is 2.46. The molecule has 3 atom stereocenters. The molecule has 0 bridgehead atoms. The molecule has 23 heavy (non-hydrogen) atoms. The predicted molar refractivity (Wildman–Crippen MR) is 76.8 cm³/mol. The van der Waals surface area contributed by atoms with Crippen molar-refractivity contribution in [2.24, 2.45) is 17.3 Å². The minimum absolute atomic E-state index is 0.0106. The van der Waals surface area contributed by atoms with Crippen LogP contribution in [0.1, 0.15) is 39.0 Å². The summed E-state index contributed by atoms with van der Waals surface area (Å²) in [5.74, 6) is -2.92. The number of carbonyl (C=O) groups excluding carboxylic acids is 1. The molecule has 2 N–H and O–H groups in total. The molecule has 2 amide bonds. The highest BCUT2D eigenvalue weighted by Crippen LogP contribution is 2.41. The van der Waals surface area contributed by atoms with Gasteiger partial charge in [-0.1, -0.05) is 12.8 Å². The van der Waals surface area contributed by atoms with E-state index in [1.165, 1.54) is 4.90 Å². The molecule has 0 aromatic carbocycles. The number of urea groups is 1. The lowest BCUT2D eigenvalue weighted by Crippen LogP contribution is -2.45. The number of likely N-dealkylation sites (tertiary alicyclic amines) is 1. The van der Waals surface area contributed by atoms with Crippen LogP contribution in [0.25, 0.3) is 0 Å². The van der Waals surface area contributed by atoms with E-state index in [0.717, 1.165) is 6.42 Å². The highest BCUT2D eigenvalue weighted by atomic mass is 19.4. The Bertz CT molecular complexity index is 469. The predicted octanol–water partition coefficient (Wildman–Crippen LogP) is 2.86. The molecular weight excluding hydrogens is 313 g/mol. The summed E-state index contributed by atoms with van der Waals surface area (Å²) in [6, 6.07) is -0.471. The lowest BCUT2D eigenvalue weighted by atomic mass is 9.79. The number of amides is 2. The van der Waals surface area contributed by atoms with Crippen LogP contribution in [0.2, 0.25) is 0 Å². The first-order valence-electron chi connectivity index (χ1n) is 7.96. The van der Waals surface area contributed by atoms with E-state index in [9.17, 15) is 22.8 Å². The van der Waals surface area contributed by atoms with Gasteiger partial charge in [-0.05, 0) is 32.1 Å². The van der Waals surface area contributed by atoms with Gasteiger partial charge in [0.25, 0.3) is 0 Å². The third-order valence-electron chi connectivity index (χ3n) is 5.12. The second-order valence-corrected chi connectivity index (χ2v) is 6.92. The lowest BCUT2D eigenvalue weighted by molar-refractivity contribution is -0.195. The van der Waals surface area contributed by atoms with Gasteiger partial charge < -0.3 is 15.3 Å². The molecule has 0 spiro atoms. The summed E-state index contributed by atoms with van der Waals surface area (Å²) in [7, 11) is 0. The lowest BCUT2D eigenvalue weighted by Gasteiger charge is -2.33. The molecule has 2 fully saturated rings. The third kappa shape index (κ3) is 4.09. The molecule has 1 saturated heterocycles. The number of alkyl halides is 3. The van der Waals surface area contributed by atoms with Gasteiger partial charge in [-0.25, -0.2) is 4.79 Å². The van der Waals surface area contributed by atoms with Crippen molar-refractivity contribution in [3.05, 3.63) is 0 Å². The number of carbonyl (C=O) groups is 2. The van der Waals surface area contributed by atoms with Gasteiger partial charge in [-0.3, -0.25) is 4.79 Å². The fourth-order valence-corrected chi connectivity index (χ4v) is 3.52. The number of halogens is 3. The van der Waals surface area contributed by atoms with E-state index in [0.29, 0.717) is 25.8 Å². The molecule has 8 heteroatoms. The standard InChI is InChI=1S/C15H23F3N2O3/c1-14(12(21)22)6-7-20(9-14)13(23)19-8-10-4-2-3-5-11(10)15(16,17)18/h10-11H,2-9H2,1H3,(H,19,23)(H,21,22). The van der Waals surface area contributed by atoms with Gasteiger partial charge in [0.2, 0.25) is 0 Å². The Kier molecular flexibility index (Phi) is 5.10. The fraction of sp³-hybridized carbons (Fsp3) is 0.867. The molecular formula is C15H23F3N2O3. The van der Waals surface area contributed by atoms with Gasteiger partial charge in [0, 0.05) is 19.6 Å². The van der Waals surface area contributed by atoms with Crippen molar-refractivity contribution >= 4 is 12.0 Å². The van der Waals surface area contributed by atoms with Crippen LogP contribution >= 0.6 is 0 Å². The average Bonchev–Trinajstić information content (AvgIpc) is 2.88. The quantitative estimate of drug-likeness (QED) is 0.833. The molecule has 0 aromatic heterocycles. The SMILES string of the molecule is CC1(C(=O)O)CCN(C(=O)NCC2CCCCC2C(F)(F)F)C1. The van der Waals surface area contributed by atoms with E-state index in [-0.39, 0.29) is 19.5 Å². The first-order valence-corrected chi connectivity index (χ1v) is 7.96. The van der Waals surface area contributed by atoms with Gasteiger partial charge >= 0.3 is 18.2 Å². The zero-order chi connectivity index (χ0) is 17.3. The Morgan fingerprint density at radius 2 is 1.96 bits per heavy atom. The minimum Gasteiger partial charge on any atom is -0.481 e. The zero-order valence-electron chi connectivity index (χ0n) is 13.2. The van der Waals surface area contributed by atoms with Crippen molar-refractivity contribution in [3.8, 4) is 0 Å². The maximum atomic E-state index is 13.0. The van der Waals surface area contributed by atoms with Crippen LogP contribution in [0, 0.1) is 17.3 Å². The molecule has 132 valence electrons. The normalized spacial score (nSPS) is 31.9. The second kappa shape index (κ2) is 6.57. The van der Waals surface area contributed by atoms with Gasteiger partial charge in [0.1, 0.15) is 0 Å². The maximum Gasteiger partial charge on any atom is 0.392 e. The summed E-state index contributed by atoms with van der Waals surface area (Å²) in [5, 5.41) is 11.7. The van der Waals surface area contributed by atoms with Crippen LogP contribution in [0.4, 0.5) is 18.0 Å². The average molecular weight is 336 g/mol. The Morgan fingerprint density at radius 1 is 1.30 bits per heavy atom. The van der Waals surface area contributed by atoms with Crippen LogP contribution < -0.4 is 5.32 Å². The van der Waals surface area contributed by atoms with Crippen molar-refractivity contribution in [1.82, 2.24) is 10.2 Å². The summed E-state index contributed by atoms with van der Waals surface area (Å²) >= 11 is 0. The molecule has 1 aliphatic carbocycles. The zero-order valence-corrected chi connectivity index (χ0v) is 13.2. The third-order valence-corrected chi connectivity index (χ3v) is 5.12. The number of hydrogen-bond acceptors (Lipinski definition) is 2. The molecule has 0 radical (unpaired) electrons. The monoisotopic (exact) mass is 336 g/mol. The maximum absolute atomic E-state index is 13.0. The van der Waals surface area contributed by atoms with Crippen LogP contribution in [-0.2, 0) is 4.79 Å². The molecule has 1 heterocycles. The van der Waals surface area contributed by atoms with Crippen molar-refractivity contribution in [2.45, 2.75) is 45.2 Å². The number of nitrogens with one attached hydrogen (secondary N) is 1. The van der Waals surface area contributed by atoms with E-state index in [4.69, 9.17) is 5.11 Å². The van der Waals surface area contributed by atoms with Crippen molar-refractivity contribution < 1.29 is 27.9 Å². The largest absolute Gasteiger partial charge is 0.481 e. The number of aliphatic carboxylic acids is 1. The number of nitrogens with zero attached hydrogens (tertiary/aromatic N) is 1. The first-order chi connectivity index (χ1) is 10.6. The Labute approximate surface area is 133 Å². The molecule has 1 aliphatic heterocycles. The van der Waals surface area contributed by atoms with Gasteiger partial charge in [0.15, 0.2) is 0 Å². The fourth-order valence-electron chi connectivity index (χ4n) is 3.52. The van der Waals surface area contributed by atoms with Gasteiger partial charge in [-0.2, -0.15) is 13.2 Å². The summed E-state index contributed by atoms with van der Waals surface area (Å²) in [6.45, 7) is 1.95. The van der Waals surface area contributed by atoms with Crippen LogP contribution in [0.5, 0.6) is 0 Å². The van der Waals surface area contributed by atoms with Crippen molar-refractivity contribution in [3.63, 3.8) is 0 Å². The summed E-state index contributed by atoms with van der Waals surface area (Å²) in [6.07, 6.45) is -2.00. The van der Waals surface area contributed by atoms with E-state index >= 15 is 0 Å². The molecule has 1 saturated carbocycles. The summed E-state index contributed by atoms with van der Waals surface area (Å²) < 4.78 is 39.1. The van der Waals surface area contributed by atoms with E-state index in [1.54, 1.807) is 6.92 Å². The number of carboxylic acid groups (broad SMARTS) is 1. The molecule has 3 unspecified atom stereocenters.